The Morgan fingerprint density at radius 2 is 1.80 bits per heavy atom. The summed E-state index contributed by atoms with van der Waals surface area (Å²) < 4.78 is 9.26. The molecule has 1 aliphatic rings. The van der Waals surface area contributed by atoms with Crippen LogP contribution in [0.2, 0.25) is 0 Å². The number of benzene rings is 1. The van der Waals surface area contributed by atoms with Gasteiger partial charge in [-0.2, -0.15) is 0 Å². The molecule has 0 unspecified atom stereocenters. The molecule has 1 aromatic rings. The summed E-state index contributed by atoms with van der Waals surface area (Å²) in [4.78, 5) is 36.2. The first kappa shape index (κ1) is 14.0. The molecule has 6 heteroatoms. The van der Waals surface area contributed by atoms with Crippen LogP contribution in [0.25, 0.3) is 0 Å². The molecule has 0 radical (unpaired) electrons. The molecule has 0 bridgehead atoms. The second kappa shape index (κ2) is 5.73. The Morgan fingerprint density at radius 3 is 2.35 bits per heavy atom. The van der Waals surface area contributed by atoms with E-state index in [0.29, 0.717) is 17.8 Å². The fourth-order valence-electron chi connectivity index (χ4n) is 2.18. The van der Waals surface area contributed by atoms with Gasteiger partial charge in [0.2, 0.25) is 5.91 Å². The molecule has 2 rings (SSSR count). The number of methoxy groups -OCH3 is 2. The summed E-state index contributed by atoms with van der Waals surface area (Å²) in [7, 11) is 2.61. The van der Waals surface area contributed by atoms with Gasteiger partial charge in [0.25, 0.3) is 0 Å². The molecule has 0 aliphatic carbocycles. The van der Waals surface area contributed by atoms with Crippen LogP contribution in [0.5, 0.6) is 0 Å². The summed E-state index contributed by atoms with van der Waals surface area (Å²) in [5, 5.41) is 0. The third-order valence-corrected chi connectivity index (χ3v) is 3.26. The normalized spacial score (nSPS) is 18.0. The lowest BCUT2D eigenvalue weighted by molar-refractivity contribution is -0.145. The Labute approximate surface area is 116 Å². The van der Waals surface area contributed by atoms with Crippen molar-refractivity contribution in [3.05, 3.63) is 29.8 Å². The number of carbonyl (C=O) groups is 3. The second-order valence-electron chi connectivity index (χ2n) is 4.47. The average molecular weight is 277 g/mol. The molecule has 6 nitrogen and oxygen atoms in total. The van der Waals surface area contributed by atoms with Gasteiger partial charge in [0.05, 0.1) is 25.7 Å². The zero-order valence-electron chi connectivity index (χ0n) is 11.3. The van der Waals surface area contributed by atoms with Crippen molar-refractivity contribution in [1.82, 2.24) is 0 Å². The van der Waals surface area contributed by atoms with Gasteiger partial charge in [-0.1, -0.05) is 0 Å². The van der Waals surface area contributed by atoms with Gasteiger partial charge >= 0.3 is 11.9 Å². The summed E-state index contributed by atoms with van der Waals surface area (Å²) >= 11 is 0. The molecule has 1 aliphatic heterocycles. The number of nitrogens with zero attached hydrogens (tertiary/aromatic N) is 1. The Bertz CT molecular complexity index is 537. The van der Waals surface area contributed by atoms with Crippen LogP contribution in [0.3, 0.4) is 0 Å². The molecular formula is C14H15NO5. The first-order valence-electron chi connectivity index (χ1n) is 6.13. The van der Waals surface area contributed by atoms with Crippen LogP contribution in [0, 0.1) is 5.92 Å². The van der Waals surface area contributed by atoms with Gasteiger partial charge in [0.15, 0.2) is 0 Å². The van der Waals surface area contributed by atoms with Crippen LogP contribution in [0.1, 0.15) is 16.8 Å². The molecule has 1 aromatic carbocycles. The zero-order valence-corrected chi connectivity index (χ0v) is 11.3. The zero-order chi connectivity index (χ0) is 14.7. The topological polar surface area (TPSA) is 72.9 Å². The number of rotatable bonds is 3. The van der Waals surface area contributed by atoms with Crippen molar-refractivity contribution in [3.8, 4) is 0 Å². The van der Waals surface area contributed by atoms with Crippen molar-refractivity contribution in [2.45, 2.75) is 6.42 Å². The average Bonchev–Trinajstić information content (AvgIpc) is 2.87. The monoisotopic (exact) mass is 277 g/mol. The minimum absolute atomic E-state index is 0.133. The van der Waals surface area contributed by atoms with E-state index in [1.54, 1.807) is 24.3 Å². The van der Waals surface area contributed by atoms with E-state index in [0.717, 1.165) is 0 Å². The van der Waals surface area contributed by atoms with Crippen LogP contribution in [-0.2, 0) is 19.1 Å². The molecule has 1 atom stereocenters. The van der Waals surface area contributed by atoms with E-state index >= 15 is 0 Å². The molecule has 1 saturated heterocycles. The highest BCUT2D eigenvalue weighted by Crippen LogP contribution is 2.26. The summed E-state index contributed by atoms with van der Waals surface area (Å²) in [5.74, 6) is -1.39. The SMILES string of the molecule is COC(=O)c1ccc(N2C[C@H](C(=O)OC)CC2=O)cc1. The number of amides is 1. The van der Waals surface area contributed by atoms with Gasteiger partial charge in [-0.3, -0.25) is 9.59 Å². The van der Waals surface area contributed by atoms with Crippen molar-refractivity contribution in [2.24, 2.45) is 5.92 Å². The molecule has 0 aromatic heterocycles. The van der Waals surface area contributed by atoms with Crippen molar-refractivity contribution < 1.29 is 23.9 Å². The Balaban J connectivity index is 2.14. The number of esters is 2. The first-order valence-corrected chi connectivity index (χ1v) is 6.13. The molecule has 1 fully saturated rings. The van der Waals surface area contributed by atoms with Crippen molar-refractivity contribution in [3.63, 3.8) is 0 Å². The predicted molar refractivity (Wildman–Crippen MR) is 70.3 cm³/mol. The van der Waals surface area contributed by atoms with Crippen LogP contribution < -0.4 is 4.90 Å². The van der Waals surface area contributed by atoms with E-state index in [4.69, 9.17) is 0 Å². The fourth-order valence-corrected chi connectivity index (χ4v) is 2.18. The van der Waals surface area contributed by atoms with E-state index in [-0.39, 0.29) is 18.3 Å². The van der Waals surface area contributed by atoms with Gasteiger partial charge in [0, 0.05) is 18.7 Å². The molecule has 1 heterocycles. The standard InChI is InChI=1S/C14H15NO5/c1-19-13(17)9-3-5-11(6-4-9)15-8-10(7-12(15)16)14(18)20-2/h3-6,10H,7-8H2,1-2H3/t10-/m1/s1. The van der Waals surface area contributed by atoms with Gasteiger partial charge in [0.1, 0.15) is 0 Å². The first-order chi connectivity index (χ1) is 9.56. The molecule has 0 N–H and O–H groups in total. The number of ether oxygens (including phenoxy) is 2. The number of anilines is 1. The summed E-state index contributed by atoms with van der Waals surface area (Å²) in [6.45, 7) is 0.295. The molecule has 20 heavy (non-hydrogen) atoms. The highest BCUT2D eigenvalue weighted by Gasteiger charge is 2.35. The van der Waals surface area contributed by atoms with Crippen LogP contribution in [0.15, 0.2) is 24.3 Å². The maximum absolute atomic E-state index is 11.9. The van der Waals surface area contributed by atoms with Gasteiger partial charge < -0.3 is 14.4 Å². The molecule has 106 valence electrons. The molecule has 0 spiro atoms. The summed E-state index contributed by atoms with van der Waals surface area (Å²) in [5.41, 5.74) is 1.06. The Hall–Kier alpha value is -2.37. The Kier molecular flexibility index (Phi) is 4.02. The summed E-state index contributed by atoms with van der Waals surface area (Å²) in [6.07, 6.45) is 0.144. The van der Waals surface area contributed by atoms with Crippen LogP contribution in [-0.4, -0.2) is 38.6 Å². The van der Waals surface area contributed by atoms with Gasteiger partial charge in [-0.05, 0) is 24.3 Å². The molecular weight excluding hydrogens is 262 g/mol. The molecule has 0 saturated carbocycles. The smallest absolute Gasteiger partial charge is 0.337 e. The summed E-state index contributed by atoms with van der Waals surface area (Å²) in [6, 6.07) is 6.48. The quantitative estimate of drug-likeness (QED) is 0.771. The number of hydrogen-bond donors (Lipinski definition) is 0. The largest absolute Gasteiger partial charge is 0.469 e. The fraction of sp³-hybridized carbons (Fsp3) is 0.357. The van der Waals surface area contributed by atoms with E-state index in [1.807, 2.05) is 0 Å². The van der Waals surface area contributed by atoms with E-state index in [9.17, 15) is 14.4 Å². The minimum atomic E-state index is -0.437. The van der Waals surface area contributed by atoms with Gasteiger partial charge in [-0.25, -0.2) is 4.79 Å². The van der Waals surface area contributed by atoms with Gasteiger partial charge in [-0.15, -0.1) is 0 Å². The molecule has 1 amide bonds. The second-order valence-corrected chi connectivity index (χ2v) is 4.47. The number of carbonyl (C=O) groups excluding carboxylic acids is 3. The number of hydrogen-bond acceptors (Lipinski definition) is 5. The maximum atomic E-state index is 11.9. The van der Waals surface area contributed by atoms with E-state index in [2.05, 4.69) is 9.47 Å². The third kappa shape index (κ3) is 2.64. The van der Waals surface area contributed by atoms with Crippen molar-refractivity contribution in [2.75, 3.05) is 25.7 Å². The third-order valence-electron chi connectivity index (χ3n) is 3.26. The van der Waals surface area contributed by atoms with E-state index < -0.39 is 11.9 Å². The van der Waals surface area contributed by atoms with Crippen LogP contribution in [0.4, 0.5) is 5.69 Å². The lowest BCUT2D eigenvalue weighted by Crippen LogP contribution is -2.26. The minimum Gasteiger partial charge on any atom is -0.469 e. The van der Waals surface area contributed by atoms with E-state index in [1.165, 1.54) is 19.1 Å². The highest BCUT2D eigenvalue weighted by molar-refractivity contribution is 6.00. The lowest BCUT2D eigenvalue weighted by atomic mass is 10.1. The van der Waals surface area contributed by atoms with Crippen LogP contribution >= 0.6 is 0 Å². The van der Waals surface area contributed by atoms with Crippen molar-refractivity contribution >= 4 is 23.5 Å². The highest BCUT2D eigenvalue weighted by atomic mass is 16.5. The Morgan fingerprint density at radius 1 is 1.15 bits per heavy atom. The maximum Gasteiger partial charge on any atom is 0.337 e. The predicted octanol–water partition coefficient (Wildman–Crippen LogP) is 0.999. The lowest BCUT2D eigenvalue weighted by Gasteiger charge is -2.16. The van der Waals surface area contributed by atoms with Crippen molar-refractivity contribution in [1.29, 1.82) is 0 Å².